The van der Waals surface area contributed by atoms with Gasteiger partial charge in [-0.15, -0.1) is 22.7 Å². The summed E-state index contributed by atoms with van der Waals surface area (Å²) in [5.41, 5.74) is 8.52. The number of anilines is 2. The Morgan fingerprint density at radius 3 is 2.71 bits per heavy atom. The smallest absolute Gasteiger partial charge is 0.0889 e. The van der Waals surface area contributed by atoms with Crippen LogP contribution in [-0.4, -0.2) is 7.05 Å². The Kier molecular flexibility index (Phi) is 1.63. The SMILES string of the molecule is CNc1cc2c(s1)Cc1sc(N)cc1-2. The lowest BCUT2D eigenvalue weighted by Crippen LogP contribution is -1.81. The first-order valence-corrected chi connectivity index (χ1v) is 6.10. The highest BCUT2D eigenvalue weighted by Crippen LogP contribution is 2.47. The van der Waals surface area contributed by atoms with E-state index in [1.807, 2.05) is 18.4 Å². The lowest BCUT2D eigenvalue weighted by molar-refractivity contribution is 1.38. The van der Waals surface area contributed by atoms with Crippen LogP contribution in [0.2, 0.25) is 0 Å². The number of nitrogen functional groups attached to an aromatic ring is 1. The molecule has 2 heterocycles. The molecule has 0 amide bonds. The normalized spacial score (nSPS) is 12.6. The molecule has 14 heavy (non-hydrogen) atoms. The van der Waals surface area contributed by atoms with E-state index in [1.54, 1.807) is 11.3 Å². The van der Waals surface area contributed by atoms with Crippen LogP contribution in [0.3, 0.4) is 0 Å². The number of hydrogen-bond donors (Lipinski definition) is 2. The number of fused-ring (bicyclic) bond motifs is 3. The third-order valence-corrected chi connectivity index (χ3v) is 4.61. The van der Waals surface area contributed by atoms with Crippen molar-refractivity contribution in [3.63, 3.8) is 0 Å². The second kappa shape index (κ2) is 2.74. The van der Waals surface area contributed by atoms with Gasteiger partial charge < -0.3 is 11.1 Å². The molecule has 2 aromatic heterocycles. The van der Waals surface area contributed by atoms with Crippen LogP contribution < -0.4 is 11.1 Å². The standard InChI is InChI=1S/C10H10N2S2/c1-12-10-3-6-5-2-9(11)13-7(5)4-8(6)14-10/h2-3,12H,4,11H2,1H3. The second-order valence-corrected chi connectivity index (χ2v) is 5.66. The van der Waals surface area contributed by atoms with Crippen LogP contribution in [0.1, 0.15) is 9.75 Å². The molecular weight excluding hydrogens is 212 g/mol. The van der Waals surface area contributed by atoms with Gasteiger partial charge in [-0.25, -0.2) is 0 Å². The molecule has 0 aliphatic heterocycles. The summed E-state index contributed by atoms with van der Waals surface area (Å²) >= 11 is 3.56. The molecule has 0 radical (unpaired) electrons. The van der Waals surface area contributed by atoms with E-state index >= 15 is 0 Å². The molecule has 0 spiro atoms. The Morgan fingerprint density at radius 2 is 1.93 bits per heavy atom. The number of hydrogen-bond acceptors (Lipinski definition) is 4. The zero-order chi connectivity index (χ0) is 9.71. The van der Waals surface area contributed by atoms with Crippen LogP contribution in [0.15, 0.2) is 12.1 Å². The first-order valence-electron chi connectivity index (χ1n) is 4.47. The van der Waals surface area contributed by atoms with E-state index in [-0.39, 0.29) is 0 Å². The molecule has 0 saturated carbocycles. The van der Waals surface area contributed by atoms with Gasteiger partial charge in [0.05, 0.1) is 10.0 Å². The molecule has 1 aliphatic rings. The monoisotopic (exact) mass is 222 g/mol. The number of nitrogens with two attached hydrogens (primary N) is 1. The van der Waals surface area contributed by atoms with Gasteiger partial charge in [-0.2, -0.15) is 0 Å². The third-order valence-electron chi connectivity index (χ3n) is 2.49. The first kappa shape index (κ1) is 8.32. The average Bonchev–Trinajstić information content (AvgIpc) is 2.74. The maximum Gasteiger partial charge on any atom is 0.0889 e. The predicted octanol–water partition coefficient (Wildman–Crippen LogP) is 3.00. The molecule has 3 N–H and O–H groups in total. The quantitative estimate of drug-likeness (QED) is 0.664. The molecule has 0 unspecified atom stereocenters. The fourth-order valence-corrected chi connectivity index (χ4v) is 3.95. The topological polar surface area (TPSA) is 38.0 Å². The Bertz CT molecular complexity index is 496. The second-order valence-electron chi connectivity index (χ2n) is 3.36. The van der Waals surface area contributed by atoms with Crippen molar-refractivity contribution in [2.45, 2.75) is 6.42 Å². The molecule has 1 aliphatic carbocycles. The molecule has 2 aromatic rings. The van der Waals surface area contributed by atoms with Gasteiger partial charge in [-0.1, -0.05) is 0 Å². The zero-order valence-corrected chi connectivity index (χ0v) is 9.39. The van der Waals surface area contributed by atoms with Gasteiger partial charge in [0, 0.05) is 23.2 Å². The largest absolute Gasteiger partial charge is 0.391 e. The van der Waals surface area contributed by atoms with Crippen LogP contribution in [-0.2, 0) is 6.42 Å². The molecule has 0 aromatic carbocycles. The summed E-state index contributed by atoms with van der Waals surface area (Å²) in [5.74, 6) is 0. The summed E-state index contributed by atoms with van der Waals surface area (Å²) in [5, 5.41) is 5.35. The van der Waals surface area contributed by atoms with Crippen molar-refractivity contribution >= 4 is 32.7 Å². The van der Waals surface area contributed by atoms with Crippen molar-refractivity contribution in [2.75, 3.05) is 18.1 Å². The highest BCUT2D eigenvalue weighted by Gasteiger charge is 2.23. The summed E-state index contributed by atoms with van der Waals surface area (Å²) in [4.78, 5) is 2.89. The van der Waals surface area contributed by atoms with Crippen LogP contribution in [0.4, 0.5) is 10.0 Å². The van der Waals surface area contributed by atoms with E-state index in [0.29, 0.717) is 0 Å². The molecule has 0 saturated heterocycles. The predicted molar refractivity (Wildman–Crippen MR) is 64.4 cm³/mol. The van der Waals surface area contributed by atoms with Crippen LogP contribution in [0.25, 0.3) is 11.1 Å². The lowest BCUT2D eigenvalue weighted by Gasteiger charge is -1.91. The van der Waals surface area contributed by atoms with E-state index in [1.165, 1.54) is 25.9 Å². The van der Waals surface area contributed by atoms with Crippen molar-refractivity contribution < 1.29 is 0 Å². The van der Waals surface area contributed by atoms with E-state index in [4.69, 9.17) is 5.73 Å². The Hall–Kier alpha value is -1.00. The summed E-state index contributed by atoms with van der Waals surface area (Å²) in [6, 6.07) is 4.32. The minimum atomic E-state index is 0.929. The summed E-state index contributed by atoms with van der Waals surface area (Å²) < 4.78 is 0. The molecule has 2 nitrogen and oxygen atoms in total. The van der Waals surface area contributed by atoms with Gasteiger partial charge in [-0.05, 0) is 23.3 Å². The molecule has 72 valence electrons. The highest BCUT2D eigenvalue weighted by atomic mass is 32.1. The first-order chi connectivity index (χ1) is 6.78. The molecule has 4 heteroatoms. The Labute approximate surface area is 90.4 Å². The van der Waals surface area contributed by atoms with Gasteiger partial charge in [0.25, 0.3) is 0 Å². The average molecular weight is 222 g/mol. The van der Waals surface area contributed by atoms with Gasteiger partial charge in [0.1, 0.15) is 0 Å². The summed E-state index contributed by atoms with van der Waals surface area (Å²) in [7, 11) is 1.96. The van der Waals surface area contributed by atoms with E-state index in [2.05, 4.69) is 17.4 Å². The van der Waals surface area contributed by atoms with Crippen molar-refractivity contribution in [2.24, 2.45) is 0 Å². The molecule has 3 rings (SSSR count). The number of thiophene rings is 2. The van der Waals surface area contributed by atoms with E-state index in [9.17, 15) is 0 Å². The van der Waals surface area contributed by atoms with Gasteiger partial charge in [-0.3, -0.25) is 0 Å². The minimum Gasteiger partial charge on any atom is -0.391 e. The lowest BCUT2D eigenvalue weighted by atomic mass is 10.2. The van der Waals surface area contributed by atoms with E-state index < -0.39 is 0 Å². The van der Waals surface area contributed by atoms with Crippen LogP contribution >= 0.6 is 22.7 Å². The summed E-state index contributed by atoms with van der Waals surface area (Å²) in [6.07, 6.45) is 1.07. The third kappa shape index (κ3) is 1.01. The van der Waals surface area contributed by atoms with E-state index in [0.717, 1.165) is 11.4 Å². The number of rotatable bonds is 1. The molecule has 0 atom stereocenters. The van der Waals surface area contributed by atoms with Crippen molar-refractivity contribution in [1.82, 2.24) is 0 Å². The Morgan fingerprint density at radius 1 is 1.21 bits per heavy atom. The van der Waals surface area contributed by atoms with Gasteiger partial charge in [0.2, 0.25) is 0 Å². The highest BCUT2D eigenvalue weighted by molar-refractivity contribution is 7.18. The van der Waals surface area contributed by atoms with Crippen molar-refractivity contribution in [3.8, 4) is 11.1 Å². The molecular formula is C10H10N2S2. The maximum atomic E-state index is 5.79. The molecule has 0 fully saturated rings. The van der Waals surface area contributed by atoms with Crippen LogP contribution in [0, 0.1) is 0 Å². The van der Waals surface area contributed by atoms with Crippen LogP contribution in [0.5, 0.6) is 0 Å². The van der Waals surface area contributed by atoms with Crippen molar-refractivity contribution in [1.29, 1.82) is 0 Å². The summed E-state index contributed by atoms with van der Waals surface area (Å²) in [6.45, 7) is 0. The molecule has 0 bridgehead atoms. The maximum absolute atomic E-state index is 5.79. The Balaban J connectivity index is 2.18. The van der Waals surface area contributed by atoms with Gasteiger partial charge >= 0.3 is 0 Å². The fourth-order valence-electron chi connectivity index (χ4n) is 1.87. The number of nitrogens with one attached hydrogen (secondary N) is 1. The van der Waals surface area contributed by atoms with Gasteiger partial charge in [0.15, 0.2) is 0 Å². The van der Waals surface area contributed by atoms with Crippen molar-refractivity contribution in [3.05, 3.63) is 21.9 Å². The fraction of sp³-hybridized carbons (Fsp3) is 0.200. The minimum absolute atomic E-state index is 0.929. The zero-order valence-electron chi connectivity index (χ0n) is 7.76.